The van der Waals surface area contributed by atoms with Crippen molar-refractivity contribution in [2.24, 2.45) is 0 Å². The van der Waals surface area contributed by atoms with Crippen LogP contribution in [0, 0.1) is 5.82 Å². The maximum atomic E-state index is 13.1. The Morgan fingerprint density at radius 2 is 2.05 bits per heavy atom. The van der Waals surface area contributed by atoms with Crippen LogP contribution < -0.4 is 0 Å². The van der Waals surface area contributed by atoms with E-state index in [1.54, 1.807) is 12.1 Å². The Morgan fingerprint density at radius 3 is 2.89 bits per heavy atom. The minimum atomic E-state index is -1.14. The molecule has 0 fully saturated rings. The smallest absolute Gasteiger partial charge is 0.124 e. The average Bonchev–Trinajstić information content (AvgIpc) is 2.82. The second kappa shape index (κ2) is 5.47. The zero-order valence-corrected chi connectivity index (χ0v) is 11.8. The first kappa shape index (κ1) is 12.9. The molecule has 1 heterocycles. The van der Waals surface area contributed by atoms with E-state index < -0.39 is 10.8 Å². The van der Waals surface area contributed by atoms with Crippen LogP contribution in [0.4, 0.5) is 4.39 Å². The molecule has 0 radical (unpaired) electrons. The Hall–Kier alpha value is -1.13. The van der Waals surface area contributed by atoms with Crippen molar-refractivity contribution in [2.45, 2.75) is 15.7 Å². The quantitative estimate of drug-likeness (QED) is 0.855. The molecule has 2 atom stereocenters. The van der Waals surface area contributed by atoms with Gasteiger partial charge in [0.2, 0.25) is 0 Å². The fourth-order valence-corrected chi connectivity index (χ4v) is 4.99. The van der Waals surface area contributed by atoms with Crippen LogP contribution in [0.1, 0.15) is 11.5 Å². The lowest BCUT2D eigenvalue weighted by atomic mass is 10.0. The molecule has 0 saturated carbocycles. The molecule has 0 amide bonds. The summed E-state index contributed by atoms with van der Waals surface area (Å²) in [6, 6.07) is 14.3. The Labute approximate surface area is 118 Å². The predicted molar refractivity (Wildman–Crippen MR) is 77.6 cm³/mol. The van der Waals surface area contributed by atoms with Gasteiger partial charge in [0, 0.05) is 27.2 Å². The molecule has 0 bridgehead atoms. The van der Waals surface area contributed by atoms with Crippen molar-refractivity contribution >= 4 is 22.6 Å². The maximum Gasteiger partial charge on any atom is 0.124 e. The Bertz CT molecular complexity index is 627. The van der Waals surface area contributed by atoms with Gasteiger partial charge in [-0.3, -0.25) is 4.21 Å². The van der Waals surface area contributed by atoms with E-state index in [0.717, 1.165) is 5.75 Å². The monoisotopic (exact) mass is 292 g/mol. The van der Waals surface area contributed by atoms with E-state index in [9.17, 15) is 8.60 Å². The Morgan fingerprint density at radius 1 is 1.21 bits per heavy atom. The molecule has 0 spiro atoms. The van der Waals surface area contributed by atoms with Gasteiger partial charge in [-0.15, -0.1) is 11.8 Å². The molecular formula is C15H13FOS2. The molecule has 2 aromatic carbocycles. The van der Waals surface area contributed by atoms with Crippen LogP contribution in [0.3, 0.4) is 0 Å². The number of halogens is 1. The zero-order valence-electron chi connectivity index (χ0n) is 10.2. The standard InChI is InChI=1S/C15H13FOS2/c16-12-4-3-5-13(8-12)19(17)10-11-9-18-15-7-2-1-6-14(11)15/h1-8,11H,9-10H2. The number of rotatable bonds is 3. The summed E-state index contributed by atoms with van der Waals surface area (Å²) in [5.41, 5.74) is 1.28. The highest BCUT2D eigenvalue weighted by atomic mass is 32.2. The summed E-state index contributed by atoms with van der Waals surface area (Å²) in [4.78, 5) is 1.86. The second-order valence-corrected chi connectivity index (χ2v) is 7.07. The molecule has 19 heavy (non-hydrogen) atoms. The van der Waals surface area contributed by atoms with Gasteiger partial charge in [-0.2, -0.15) is 0 Å². The van der Waals surface area contributed by atoms with E-state index in [0.29, 0.717) is 16.6 Å². The van der Waals surface area contributed by atoms with E-state index in [2.05, 4.69) is 12.1 Å². The van der Waals surface area contributed by atoms with Gasteiger partial charge in [-0.1, -0.05) is 24.3 Å². The van der Waals surface area contributed by atoms with Crippen LogP contribution in [-0.2, 0) is 10.8 Å². The molecule has 1 aliphatic rings. The first-order valence-electron chi connectivity index (χ1n) is 6.10. The van der Waals surface area contributed by atoms with Crippen LogP contribution in [0.25, 0.3) is 0 Å². The largest absolute Gasteiger partial charge is 0.254 e. The third-order valence-corrected chi connectivity index (χ3v) is 5.95. The molecule has 0 N–H and O–H groups in total. The van der Waals surface area contributed by atoms with E-state index in [4.69, 9.17) is 0 Å². The first-order valence-corrected chi connectivity index (χ1v) is 8.40. The molecule has 1 aliphatic heterocycles. The van der Waals surface area contributed by atoms with Crippen LogP contribution >= 0.6 is 11.8 Å². The SMILES string of the molecule is O=S(CC1CSc2ccccc21)c1cccc(F)c1. The molecule has 0 aliphatic carbocycles. The molecule has 3 rings (SSSR count). The molecule has 0 saturated heterocycles. The van der Waals surface area contributed by atoms with Crippen molar-refractivity contribution < 1.29 is 8.60 Å². The van der Waals surface area contributed by atoms with Gasteiger partial charge >= 0.3 is 0 Å². The molecule has 4 heteroatoms. The van der Waals surface area contributed by atoms with Gasteiger partial charge in [0.1, 0.15) is 5.82 Å². The highest BCUT2D eigenvalue weighted by Gasteiger charge is 2.24. The fraction of sp³-hybridized carbons (Fsp3) is 0.200. The molecule has 98 valence electrons. The van der Waals surface area contributed by atoms with Gasteiger partial charge in [0.25, 0.3) is 0 Å². The van der Waals surface area contributed by atoms with Crippen LogP contribution in [-0.4, -0.2) is 15.7 Å². The number of hydrogen-bond donors (Lipinski definition) is 0. The highest BCUT2D eigenvalue weighted by Crippen LogP contribution is 2.39. The van der Waals surface area contributed by atoms with Gasteiger partial charge in [-0.05, 0) is 29.8 Å². The van der Waals surface area contributed by atoms with Crippen molar-refractivity contribution in [3.8, 4) is 0 Å². The topological polar surface area (TPSA) is 17.1 Å². The van der Waals surface area contributed by atoms with Crippen LogP contribution in [0.5, 0.6) is 0 Å². The zero-order chi connectivity index (χ0) is 13.2. The summed E-state index contributed by atoms with van der Waals surface area (Å²) in [6.45, 7) is 0. The number of hydrogen-bond acceptors (Lipinski definition) is 2. The normalized spacial score (nSPS) is 19.1. The molecular weight excluding hydrogens is 279 g/mol. The first-order chi connectivity index (χ1) is 9.24. The van der Waals surface area contributed by atoms with Gasteiger partial charge in [0.15, 0.2) is 0 Å². The minimum Gasteiger partial charge on any atom is -0.254 e. The van der Waals surface area contributed by atoms with Crippen molar-refractivity contribution in [1.29, 1.82) is 0 Å². The van der Waals surface area contributed by atoms with E-state index in [1.807, 2.05) is 23.9 Å². The van der Waals surface area contributed by atoms with Gasteiger partial charge in [-0.25, -0.2) is 4.39 Å². The lowest BCUT2D eigenvalue weighted by molar-refractivity contribution is 0.622. The van der Waals surface area contributed by atoms with Crippen molar-refractivity contribution in [2.75, 3.05) is 11.5 Å². The number of benzene rings is 2. The summed E-state index contributed by atoms with van der Waals surface area (Å²) >= 11 is 1.81. The third-order valence-electron chi connectivity index (χ3n) is 3.21. The van der Waals surface area contributed by atoms with Gasteiger partial charge < -0.3 is 0 Å². The molecule has 2 unspecified atom stereocenters. The summed E-state index contributed by atoms with van der Waals surface area (Å²) in [7, 11) is -1.14. The van der Waals surface area contributed by atoms with E-state index >= 15 is 0 Å². The summed E-state index contributed by atoms with van der Waals surface area (Å²) in [5.74, 6) is 1.49. The maximum absolute atomic E-state index is 13.1. The molecule has 2 aromatic rings. The van der Waals surface area contributed by atoms with Gasteiger partial charge in [0.05, 0.1) is 10.8 Å². The number of thioether (sulfide) groups is 1. The van der Waals surface area contributed by atoms with Crippen molar-refractivity contribution in [1.82, 2.24) is 0 Å². The second-order valence-electron chi connectivity index (χ2n) is 4.52. The summed E-state index contributed by atoms with van der Waals surface area (Å²) in [5, 5.41) is 0. The average molecular weight is 292 g/mol. The van der Waals surface area contributed by atoms with Crippen LogP contribution in [0.15, 0.2) is 58.3 Å². The summed E-state index contributed by atoms with van der Waals surface area (Å²) in [6.07, 6.45) is 0. The van der Waals surface area contributed by atoms with Crippen molar-refractivity contribution in [3.05, 3.63) is 59.9 Å². The minimum absolute atomic E-state index is 0.297. The molecule has 0 aromatic heterocycles. The highest BCUT2D eigenvalue weighted by molar-refractivity contribution is 7.99. The molecule has 1 nitrogen and oxygen atoms in total. The van der Waals surface area contributed by atoms with E-state index in [1.165, 1.54) is 22.6 Å². The fourth-order valence-electron chi connectivity index (χ4n) is 2.25. The van der Waals surface area contributed by atoms with Crippen LogP contribution in [0.2, 0.25) is 0 Å². The number of fused-ring (bicyclic) bond motifs is 1. The summed E-state index contributed by atoms with van der Waals surface area (Å²) < 4.78 is 25.4. The lowest BCUT2D eigenvalue weighted by Crippen LogP contribution is -2.09. The third kappa shape index (κ3) is 2.74. The Balaban J connectivity index is 1.78. The Kier molecular flexibility index (Phi) is 3.71. The van der Waals surface area contributed by atoms with Crippen molar-refractivity contribution in [3.63, 3.8) is 0 Å². The predicted octanol–water partition coefficient (Wildman–Crippen LogP) is 3.82. The van der Waals surface area contributed by atoms with E-state index in [-0.39, 0.29) is 5.82 Å². The lowest BCUT2D eigenvalue weighted by Gasteiger charge is -2.10.